The lowest BCUT2D eigenvalue weighted by Crippen LogP contribution is -2.31. The van der Waals surface area contributed by atoms with E-state index in [1.54, 1.807) is 0 Å². The maximum atomic E-state index is 9.30. The molecule has 1 heterocycles. The van der Waals surface area contributed by atoms with E-state index in [-0.39, 0.29) is 5.92 Å². The van der Waals surface area contributed by atoms with Gasteiger partial charge in [0.25, 0.3) is 0 Å². The lowest BCUT2D eigenvalue weighted by Gasteiger charge is -2.16. The Kier molecular flexibility index (Phi) is 5.34. The van der Waals surface area contributed by atoms with Gasteiger partial charge < -0.3 is 5.32 Å². The summed E-state index contributed by atoms with van der Waals surface area (Å²) < 4.78 is 0. The first-order valence-corrected chi connectivity index (χ1v) is 7.74. The minimum absolute atomic E-state index is 0.0799. The van der Waals surface area contributed by atoms with Crippen LogP contribution < -0.4 is 5.32 Å². The Labute approximate surface area is 125 Å². The molecule has 0 fully saturated rings. The van der Waals surface area contributed by atoms with E-state index >= 15 is 0 Å². The van der Waals surface area contributed by atoms with Gasteiger partial charge >= 0.3 is 0 Å². The number of hydrogen-bond acceptors (Lipinski definition) is 3. The Bertz CT molecular complexity index is 568. The fourth-order valence-electron chi connectivity index (χ4n) is 2.21. The molecule has 2 rings (SSSR count). The monoisotopic (exact) mass is 284 g/mol. The number of rotatable bonds is 6. The highest BCUT2D eigenvalue weighted by atomic mass is 32.1. The van der Waals surface area contributed by atoms with Crippen molar-refractivity contribution in [2.45, 2.75) is 32.2 Å². The molecule has 2 atom stereocenters. The lowest BCUT2D eigenvalue weighted by molar-refractivity contribution is 0.536. The maximum Gasteiger partial charge on any atom is 0.0837 e. The number of nitrogens with zero attached hydrogens (tertiary/aromatic N) is 1. The molecule has 0 aliphatic carbocycles. The topological polar surface area (TPSA) is 35.8 Å². The second-order valence-corrected chi connectivity index (χ2v) is 6.49. The summed E-state index contributed by atoms with van der Waals surface area (Å²) in [6.45, 7) is 5.01. The molecule has 0 saturated carbocycles. The number of benzene rings is 1. The quantitative estimate of drug-likeness (QED) is 0.873. The molecule has 2 unspecified atom stereocenters. The van der Waals surface area contributed by atoms with Crippen LogP contribution in [0.1, 0.15) is 28.2 Å². The number of nitriles is 1. The minimum atomic E-state index is -0.0799. The van der Waals surface area contributed by atoms with Crippen molar-refractivity contribution in [2.24, 2.45) is 0 Å². The maximum absolute atomic E-state index is 9.30. The minimum Gasteiger partial charge on any atom is -0.312 e. The van der Waals surface area contributed by atoms with Crippen LogP contribution in [0, 0.1) is 18.3 Å². The van der Waals surface area contributed by atoms with E-state index in [2.05, 4.69) is 37.4 Å². The summed E-state index contributed by atoms with van der Waals surface area (Å²) >= 11 is 1.85. The lowest BCUT2D eigenvalue weighted by atomic mass is 10.0. The van der Waals surface area contributed by atoms with Gasteiger partial charge in [-0.3, -0.25) is 0 Å². The van der Waals surface area contributed by atoms with Crippen molar-refractivity contribution < 1.29 is 0 Å². The molecular formula is C17H20N2S. The predicted molar refractivity (Wildman–Crippen MR) is 85.0 cm³/mol. The molecule has 0 amide bonds. The fraction of sp³-hybridized carbons (Fsp3) is 0.353. The number of aryl methyl sites for hydroxylation is 1. The normalized spacial score (nSPS) is 13.7. The zero-order valence-corrected chi connectivity index (χ0v) is 12.8. The highest BCUT2D eigenvalue weighted by Crippen LogP contribution is 2.17. The molecule has 3 heteroatoms. The summed E-state index contributed by atoms with van der Waals surface area (Å²) in [5.74, 6) is -0.0799. The van der Waals surface area contributed by atoms with E-state index in [1.165, 1.54) is 9.75 Å². The van der Waals surface area contributed by atoms with Gasteiger partial charge in [0.05, 0.1) is 12.0 Å². The molecule has 1 N–H and O–H groups in total. The van der Waals surface area contributed by atoms with Gasteiger partial charge in [-0.15, -0.1) is 11.3 Å². The molecule has 0 bridgehead atoms. The van der Waals surface area contributed by atoms with Gasteiger partial charge in [0.15, 0.2) is 0 Å². The van der Waals surface area contributed by atoms with Crippen LogP contribution in [0.15, 0.2) is 42.5 Å². The van der Waals surface area contributed by atoms with Crippen LogP contribution >= 0.6 is 11.3 Å². The number of nitrogens with one attached hydrogen (secondary N) is 1. The SMILES string of the molecule is Cc1ccc(CC(C)NCC(C#N)c2ccccc2)s1. The third-order valence-corrected chi connectivity index (χ3v) is 4.35. The van der Waals surface area contributed by atoms with Crippen LogP contribution in [0.25, 0.3) is 0 Å². The predicted octanol–water partition coefficient (Wildman–Crippen LogP) is 3.88. The zero-order valence-electron chi connectivity index (χ0n) is 12.0. The van der Waals surface area contributed by atoms with E-state index in [9.17, 15) is 5.26 Å². The summed E-state index contributed by atoms with van der Waals surface area (Å²) in [6, 6.07) is 17.1. The van der Waals surface area contributed by atoms with E-state index in [0.29, 0.717) is 12.6 Å². The highest BCUT2D eigenvalue weighted by Gasteiger charge is 2.12. The molecule has 2 aromatic rings. The van der Waals surface area contributed by atoms with Gasteiger partial charge in [-0.05, 0) is 38.0 Å². The van der Waals surface area contributed by atoms with Crippen molar-refractivity contribution in [3.63, 3.8) is 0 Å². The smallest absolute Gasteiger partial charge is 0.0837 e. The van der Waals surface area contributed by atoms with Crippen LogP contribution in [0.3, 0.4) is 0 Å². The van der Waals surface area contributed by atoms with E-state index < -0.39 is 0 Å². The molecule has 0 radical (unpaired) electrons. The first kappa shape index (κ1) is 14.8. The summed E-state index contributed by atoms with van der Waals surface area (Å²) in [5.41, 5.74) is 1.08. The van der Waals surface area contributed by atoms with E-state index in [4.69, 9.17) is 0 Å². The van der Waals surface area contributed by atoms with Gasteiger partial charge in [-0.2, -0.15) is 5.26 Å². The van der Waals surface area contributed by atoms with E-state index in [0.717, 1.165) is 12.0 Å². The third-order valence-electron chi connectivity index (χ3n) is 3.33. The number of thiophene rings is 1. The Morgan fingerprint density at radius 1 is 1.20 bits per heavy atom. The van der Waals surface area contributed by atoms with Crippen molar-refractivity contribution in [2.75, 3.05) is 6.54 Å². The van der Waals surface area contributed by atoms with Crippen molar-refractivity contribution >= 4 is 11.3 Å². The first-order chi connectivity index (χ1) is 9.69. The van der Waals surface area contributed by atoms with Crippen LogP contribution in [-0.4, -0.2) is 12.6 Å². The number of hydrogen-bond donors (Lipinski definition) is 1. The Morgan fingerprint density at radius 2 is 1.95 bits per heavy atom. The first-order valence-electron chi connectivity index (χ1n) is 6.92. The average molecular weight is 284 g/mol. The molecule has 1 aromatic carbocycles. The van der Waals surface area contributed by atoms with Crippen LogP contribution in [0.2, 0.25) is 0 Å². The molecule has 0 aliphatic heterocycles. The molecule has 104 valence electrons. The third kappa shape index (κ3) is 4.19. The highest BCUT2D eigenvalue weighted by molar-refractivity contribution is 7.11. The summed E-state index contributed by atoms with van der Waals surface area (Å²) in [7, 11) is 0. The summed E-state index contributed by atoms with van der Waals surface area (Å²) in [4.78, 5) is 2.75. The van der Waals surface area contributed by atoms with Gasteiger partial charge in [0.1, 0.15) is 0 Å². The Balaban J connectivity index is 1.86. The second kappa shape index (κ2) is 7.23. The van der Waals surface area contributed by atoms with Gasteiger partial charge in [-0.1, -0.05) is 30.3 Å². The Hall–Kier alpha value is -1.63. The van der Waals surface area contributed by atoms with Crippen molar-refractivity contribution in [3.8, 4) is 6.07 Å². The molecule has 0 spiro atoms. The van der Waals surface area contributed by atoms with Crippen LogP contribution in [0.5, 0.6) is 0 Å². The molecule has 0 aliphatic rings. The zero-order chi connectivity index (χ0) is 14.4. The summed E-state index contributed by atoms with van der Waals surface area (Å²) in [6.07, 6.45) is 1.02. The fourth-order valence-corrected chi connectivity index (χ4v) is 3.23. The van der Waals surface area contributed by atoms with Crippen molar-refractivity contribution in [1.29, 1.82) is 5.26 Å². The molecule has 20 heavy (non-hydrogen) atoms. The van der Waals surface area contributed by atoms with Gasteiger partial charge in [0, 0.05) is 22.3 Å². The molecular weight excluding hydrogens is 264 g/mol. The van der Waals surface area contributed by atoms with Crippen molar-refractivity contribution in [3.05, 3.63) is 57.8 Å². The molecule has 1 aromatic heterocycles. The van der Waals surface area contributed by atoms with Gasteiger partial charge in [-0.25, -0.2) is 0 Å². The molecule has 0 saturated heterocycles. The van der Waals surface area contributed by atoms with Gasteiger partial charge in [0.2, 0.25) is 0 Å². The van der Waals surface area contributed by atoms with Crippen LogP contribution in [-0.2, 0) is 6.42 Å². The van der Waals surface area contributed by atoms with Crippen molar-refractivity contribution in [1.82, 2.24) is 5.32 Å². The summed E-state index contributed by atoms with van der Waals surface area (Å²) in [5, 5.41) is 12.8. The second-order valence-electron chi connectivity index (χ2n) is 5.12. The molecule has 2 nitrogen and oxygen atoms in total. The standard InChI is InChI=1S/C17H20N2S/c1-13(10-17-9-8-14(2)20-17)19-12-16(11-18)15-6-4-3-5-7-15/h3-9,13,16,19H,10,12H2,1-2H3. The Morgan fingerprint density at radius 3 is 2.55 bits per heavy atom. The van der Waals surface area contributed by atoms with Crippen LogP contribution in [0.4, 0.5) is 0 Å². The van der Waals surface area contributed by atoms with E-state index in [1.807, 2.05) is 41.7 Å². The largest absolute Gasteiger partial charge is 0.312 e. The average Bonchev–Trinajstić information content (AvgIpc) is 2.86.